The van der Waals surface area contributed by atoms with Gasteiger partial charge in [-0.3, -0.25) is 0 Å². The lowest BCUT2D eigenvalue weighted by atomic mass is 10.0. The number of nitrogens with one attached hydrogen (secondary N) is 1. The van der Waals surface area contributed by atoms with Crippen LogP contribution in [-0.2, 0) is 0 Å². The molecule has 6 rings (SSSR count). The number of nitrogens with two attached hydrogens (primary N) is 1. The number of para-hydroxylation sites is 1. The van der Waals surface area contributed by atoms with Gasteiger partial charge in [-0.2, -0.15) is 5.10 Å². The van der Waals surface area contributed by atoms with Gasteiger partial charge in [-0.05, 0) is 43.0 Å². The van der Waals surface area contributed by atoms with Gasteiger partial charge in [-0.15, -0.1) is 0 Å². The third kappa shape index (κ3) is 2.81. The number of nitrogen functional groups attached to an aromatic ring is 1. The fourth-order valence-electron chi connectivity index (χ4n) is 4.87. The van der Waals surface area contributed by atoms with Crippen molar-refractivity contribution < 1.29 is 4.74 Å². The van der Waals surface area contributed by atoms with Crippen molar-refractivity contribution >= 4 is 16.9 Å². The minimum atomic E-state index is 0.338. The van der Waals surface area contributed by atoms with Crippen LogP contribution in [0.15, 0.2) is 60.9 Å². The monoisotopic (exact) mass is 398 g/mol. The maximum Gasteiger partial charge on any atom is 0.164 e. The maximum atomic E-state index is 6.30. The van der Waals surface area contributed by atoms with Crippen molar-refractivity contribution in [1.29, 1.82) is 0 Å². The van der Waals surface area contributed by atoms with E-state index in [4.69, 9.17) is 15.6 Å². The molecular weight excluding hydrogens is 376 g/mol. The molecule has 1 aliphatic heterocycles. The van der Waals surface area contributed by atoms with Gasteiger partial charge in [0.1, 0.15) is 29.3 Å². The smallest absolute Gasteiger partial charge is 0.164 e. The van der Waals surface area contributed by atoms with Gasteiger partial charge in [0.2, 0.25) is 0 Å². The number of rotatable bonds is 4. The van der Waals surface area contributed by atoms with Crippen molar-refractivity contribution in [3.05, 3.63) is 60.9 Å². The standard InChI is InChI=1S/C23H22N6O/c24-22-20-21(14-5-4-8-18(10-14)30-17-6-2-1-3-7-17)28-29(23(20)27-13-26-22)19-11-16-9-15(19)12-25-16/h1-8,10,13,15-16,19,25H,9,11-12H2,(H2,24,26,27). The summed E-state index contributed by atoms with van der Waals surface area (Å²) >= 11 is 0. The van der Waals surface area contributed by atoms with E-state index >= 15 is 0 Å². The number of nitrogens with zero attached hydrogens (tertiary/aromatic N) is 4. The van der Waals surface area contributed by atoms with Crippen molar-refractivity contribution in [2.75, 3.05) is 12.3 Å². The van der Waals surface area contributed by atoms with Crippen molar-refractivity contribution in [1.82, 2.24) is 25.1 Å². The van der Waals surface area contributed by atoms with Crippen molar-refractivity contribution in [2.24, 2.45) is 5.92 Å². The predicted octanol–water partition coefficient (Wildman–Crippen LogP) is 3.79. The lowest BCUT2D eigenvalue weighted by Gasteiger charge is -2.23. The summed E-state index contributed by atoms with van der Waals surface area (Å²) in [5.74, 6) is 2.58. The lowest BCUT2D eigenvalue weighted by molar-refractivity contribution is 0.328. The number of hydrogen-bond acceptors (Lipinski definition) is 6. The summed E-state index contributed by atoms with van der Waals surface area (Å²) < 4.78 is 8.11. The second kappa shape index (κ2) is 6.81. The highest BCUT2D eigenvalue weighted by molar-refractivity contribution is 5.98. The second-order valence-corrected chi connectivity index (χ2v) is 8.10. The number of hydrogen-bond donors (Lipinski definition) is 2. The van der Waals surface area contributed by atoms with Gasteiger partial charge in [0.05, 0.1) is 11.4 Å². The molecule has 3 heterocycles. The van der Waals surface area contributed by atoms with E-state index in [1.165, 1.54) is 12.7 Å². The third-order valence-corrected chi connectivity index (χ3v) is 6.24. The van der Waals surface area contributed by atoms with Crippen LogP contribution in [0.2, 0.25) is 0 Å². The average molecular weight is 398 g/mol. The Balaban J connectivity index is 1.45. The van der Waals surface area contributed by atoms with Gasteiger partial charge < -0.3 is 15.8 Å². The Bertz CT molecular complexity index is 1220. The molecule has 0 spiro atoms. The molecule has 30 heavy (non-hydrogen) atoms. The number of benzene rings is 2. The Hall–Kier alpha value is -3.45. The normalized spacial score (nSPS) is 22.6. The first kappa shape index (κ1) is 17.4. The van der Waals surface area contributed by atoms with Crippen LogP contribution in [0.25, 0.3) is 22.3 Å². The minimum absolute atomic E-state index is 0.338. The average Bonchev–Trinajstić information content (AvgIpc) is 3.49. The number of ether oxygens (including phenoxy) is 1. The SMILES string of the molecule is Nc1ncnc2c1c(-c1cccc(Oc3ccccc3)c1)nn2C1CC2CC1CN2. The zero-order chi connectivity index (χ0) is 20.1. The van der Waals surface area contributed by atoms with Crippen LogP contribution in [-0.4, -0.2) is 32.3 Å². The Labute approximate surface area is 173 Å². The molecule has 7 nitrogen and oxygen atoms in total. The van der Waals surface area contributed by atoms with Crippen molar-refractivity contribution in [3.8, 4) is 22.8 Å². The van der Waals surface area contributed by atoms with E-state index in [2.05, 4.69) is 20.0 Å². The molecule has 1 saturated carbocycles. The molecule has 150 valence electrons. The topological polar surface area (TPSA) is 90.9 Å². The maximum absolute atomic E-state index is 6.30. The van der Waals surface area contributed by atoms with Crippen molar-refractivity contribution in [3.63, 3.8) is 0 Å². The summed E-state index contributed by atoms with van der Waals surface area (Å²) in [6.07, 6.45) is 3.80. The molecular formula is C23H22N6O. The van der Waals surface area contributed by atoms with Gasteiger partial charge in [-0.1, -0.05) is 30.3 Å². The van der Waals surface area contributed by atoms with Gasteiger partial charge in [0, 0.05) is 18.2 Å². The molecule has 4 aromatic rings. The summed E-state index contributed by atoms with van der Waals surface area (Å²) in [5, 5.41) is 9.40. The summed E-state index contributed by atoms with van der Waals surface area (Å²) in [4.78, 5) is 8.81. The number of anilines is 1. The first-order valence-corrected chi connectivity index (χ1v) is 10.3. The number of piperidine rings is 1. The van der Waals surface area contributed by atoms with E-state index in [9.17, 15) is 0 Å². The Morgan fingerprint density at radius 1 is 1.00 bits per heavy atom. The van der Waals surface area contributed by atoms with Crippen LogP contribution in [0, 0.1) is 5.92 Å². The molecule has 7 heteroatoms. The number of aromatic nitrogens is 4. The molecule has 2 bridgehead atoms. The Morgan fingerprint density at radius 3 is 2.67 bits per heavy atom. The molecule has 2 aromatic carbocycles. The van der Waals surface area contributed by atoms with E-state index in [0.29, 0.717) is 23.8 Å². The summed E-state index contributed by atoms with van der Waals surface area (Å²) in [6.45, 7) is 1.03. The van der Waals surface area contributed by atoms with Crippen LogP contribution >= 0.6 is 0 Å². The molecule has 3 atom stereocenters. The fourth-order valence-corrected chi connectivity index (χ4v) is 4.87. The second-order valence-electron chi connectivity index (χ2n) is 8.10. The highest BCUT2D eigenvalue weighted by atomic mass is 16.5. The Morgan fingerprint density at radius 2 is 1.87 bits per heavy atom. The summed E-state index contributed by atoms with van der Waals surface area (Å²) in [6, 6.07) is 18.6. The molecule has 1 saturated heterocycles. The first-order valence-electron chi connectivity index (χ1n) is 10.3. The molecule has 3 N–H and O–H groups in total. The largest absolute Gasteiger partial charge is 0.457 e. The summed E-state index contributed by atoms with van der Waals surface area (Å²) in [5.41, 5.74) is 8.85. The Kier molecular flexibility index (Phi) is 3.95. The van der Waals surface area contributed by atoms with Crippen LogP contribution in [0.5, 0.6) is 11.5 Å². The molecule has 0 amide bonds. The first-order chi connectivity index (χ1) is 14.8. The molecule has 2 aliphatic rings. The lowest BCUT2D eigenvalue weighted by Crippen LogP contribution is -2.31. The van der Waals surface area contributed by atoms with Crippen LogP contribution in [0.4, 0.5) is 5.82 Å². The van der Waals surface area contributed by atoms with Crippen LogP contribution in [0.1, 0.15) is 18.9 Å². The van der Waals surface area contributed by atoms with E-state index in [1.807, 2.05) is 54.6 Å². The summed E-state index contributed by atoms with van der Waals surface area (Å²) in [7, 11) is 0. The van der Waals surface area contributed by atoms with E-state index < -0.39 is 0 Å². The van der Waals surface area contributed by atoms with Crippen molar-refractivity contribution in [2.45, 2.75) is 24.9 Å². The van der Waals surface area contributed by atoms with Gasteiger partial charge in [0.25, 0.3) is 0 Å². The predicted molar refractivity (Wildman–Crippen MR) is 115 cm³/mol. The van der Waals surface area contributed by atoms with Gasteiger partial charge >= 0.3 is 0 Å². The zero-order valence-electron chi connectivity index (χ0n) is 16.4. The third-order valence-electron chi connectivity index (χ3n) is 6.24. The van der Waals surface area contributed by atoms with E-state index in [-0.39, 0.29) is 0 Å². The minimum Gasteiger partial charge on any atom is -0.457 e. The fraction of sp³-hybridized carbons (Fsp3) is 0.261. The number of fused-ring (bicyclic) bond motifs is 3. The molecule has 3 unspecified atom stereocenters. The molecule has 0 radical (unpaired) electrons. The van der Waals surface area contributed by atoms with Crippen LogP contribution < -0.4 is 15.8 Å². The molecule has 2 aromatic heterocycles. The molecule has 1 aliphatic carbocycles. The highest BCUT2D eigenvalue weighted by Gasteiger charge is 2.42. The zero-order valence-corrected chi connectivity index (χ0v) is 16.4. The van der Waals surface area contributed by atoms with E-state index in [0.717, 1.165) is 46.8 Å². The van der Waals surface area contributed by atoms with Gasteiger partial charge in [0.15, 0.2) is 5.65 Å². The van der Waals surface area contributed by atoms with Gasteiger partial charge in [-0.25, -0.2) is 14.6 Å². The molecule has 2 fully saturated rings. The van der Waals surface area contributed by atoms with Crippen LogP contribution in [0.3, 0.4) is 0 Å². The quantitative estimate of drug-likeness (QED) is 0.543. The highest BCUT2D eigenvalue weighted by Crippen LogP contribution is 2.43. The van der Waals surface area contributed by atoms with E-state index in [1.54, 1.807) is 0 Å².